The molecular formula is C30H27N5O4. The van der Waals surface area contributed by atoms with Gasteiger partial charge in [-0.3, -0.25) is 9.59 Å². The molecule has 0 saturated heterocycles. The summed E-state index contributed by atoms with van der Waals surface area (Å²) in [5.74, 6) is -0.168. The van der Waals surface area contributed by atoms with Crippen molar-refractivity contribution in [3.63, 3.8) is 0 Å². The Balaban J connectivity index is 1.54. The molecule has 1 aliphatic heterocycles. The van der Waals surface area contributed by atoms with E-state index in [1.165, 1.54) is 0 Å². The third-order valence-corrected chi connectivity index (χ3v) is 7.43. The van der Waals surface area contributed by atoms with Crippen molar-refractivity contribution >= 4 is 39.3 Å². The van der Waals surface area contributed by atoms with Crippen molar-refractivity contribution in [3.05, 3.63) is 82.5 Å². The highest BCUT2D eigenvalue weighted by molar-refractivity contribution is 6.18. The van der Waals surface area contributed by atoms with E-state index < -0.39 is 11.5 Å². The summed E-state index contributed by atoms with van der Waals surface area (Å²) in [5.41, 5.74) is 11.0. The number of carbonyl (C=O) groups is 2. The van der Waals surface area contributed by atoms with E-state index in [0.717, 1.165) is 33.3 Å². The molecule has 0 radical (unpaired) electrons. The van der Waals surface area contributed by atoms with Crippen LogP contribution in [0.4, 0.5) is 5.69 Å². The smallest absolute Gasteiger partial charge is 0.271 e. The van der Waals surface area contributed by atoms with Crippen LogP contribution >= 0.6 is 0 Å². The molecule has 0 bridgehead atoms. The molecule has 39 heavy (non-hydrogen) atoms. The van der Waals surface area contributed by atoms with E-state index in [-0.39, 0.29) is 11.6 Å². The number of hydrogen-bond donors (Lipinski definition) is 3. The van der Waals surface area contributed by atoms with Gasteiger partial charge in [-0.15, -0.1) is 10.2 Å². The van der Waals surface area contributed by atoms with Crippen LogP contribution in [0.5, 0.6) is 5.75 Å². The van der Waals surface area contributed by atoms with Gasteiger partial charge in [-0.2, -0.15) is 0 Å². The van der Waals surface area contributed by atoms with E-state index in [4.69, 9.17) is 10.5 Å². The quantitative estimate of drug-likeness (QED) is 0.310. The number of anilines is 1. The monoisotopic (exact) mass is 521 g/mol. The molecule has 0 saturated carbocycles. The normalized spacial score (nSPS) is 13.4. The average molecular weight is 522 g/mol. The lowest BCUT2D eigenvalue weighted by Gasteiger charge is -2.20. The molecule has 9 heteroatoms. The van der Waals surface area contributed by atoms with Crippen LogP contribution in [0, 0.1) is 6.92 Å². The minimum atomic E-state index is -1.05. The number of nitrogens with two attached hydrogens (primary N) is 1. The zero-order valence-corrected chi connectivity index (χ0v) is 22.0. The van der Waals surface area contributed by atoms with Gasteiger partial charge in [-0.1, -0.05) is 30.3 Å². The Kier molecular flexibility index (Phi) is 5.44. The molecule has 196 valence electrons. The van der Waals surface area contributed by atoms with Gasteiger partial charge in [0.1, 0.15) is 11.4 Å². The van der Waals surface area contributed by atoms with Gasteiger partial charge in [-0.05, 0) is 61.7 Å². The van der Waals surface area contributed by atoms with Crippen LogP contribution in [0.25, 0.3) is 33.1 Å². The highest BCUT2D eigenvalue weighted by Gasteiger charge is 2.31. The predicted molar refractivity (Wildman–Crippen MR) is 149 cm³/mol. The Morgan fingerprint density at radius 1 is 1.10 bits per heavy atom. The second-order valence-corrected chi connectivity index (χ2v) is 10.3. The summed E-state index contributed by atoms with van der Waals surface area (Å²) in [5, 5.41) is 20.7. The number of nitrogens with zero attached hydrogens (tertiary/aromatic N) is 3. The van der Waals surface area contributed by atoms with Gasteiger partial charge in [-0.25, -0.2) is 0 Å². The summed E-state index contributed by atoms with van der Waals surface area (Å²) in [6.45, 7) is 5.81. The minimum absolute atomic E-state index is 0.0303. The standard InChI is InChI=1S/C30H27N5O4/c1-15-19(6-5-7-23(15)35-14-16-8-10-18(39-4)13-21(16)29(35)37)25-24-20-11-9-17(30(2,3)38)12-22(20)32-26(24)27(28(31)36)34-33-25/h5-13,32,38H,14H2,1-4H3,(H2,31,36). The molecule has 2 aromatic heterocycles. The zero-order chi connectivity index (χ0) is 27.6. The predicted octanol–water partition coefficient (Wildman–Crippen LogP) is 4.58. The number of benzene rings is 3. The third kappa shape index (κ3) is 3.81. The fraction of sp³-hybridized carbons (Fsp3) is 0.200. The van der Waals surface area contributed by atoms with Crippen LogP contribution in [0.15, 0.2) is 54.6 Å². The average Bonchev–Trinajstić information content (AvgIpc) is 3.45. The first-order valence-corrected chi connectivity index (χ1v) is 12.5. The molecule has 3 heterocycles. The van der Waals surface area contributed by atoms with E-state index >= 15 is 0 Å². The maximum Gasteiger partial charge on any atom is 0.271 e. The van der Waals surface area contributed by atoms with Crippen molar-refractivity contribution in [3.8, 4) is 17.0 Å². The number of aromatic nitrogens is 3. The van der Waals surface area contributed by atoms with E-state index in [1.54, 1.807) is 31.9 Å². The Labute approximate surface area is 224 Å². The highest BCUT2D eigenvalue weighted by Crippen LogP contribution is 2.40. The second kappa shape index (κ2) is 8.64. The Morgan fingerprint density at radius 3 is 2.62 bits per heavy atom. The zero-order valence-electron chi connectivity index (χ0n) is 22.0. The fourth-order valence-corrected chi connectivity index (χ4v) is 5.34. The number of primary amides is 1. The maximum absolute atomic E-state index is 13.4. The van der Waals surface area contributed by atoms with Gasteiger partial charge in [0, 0.05) is 33.1 Å². The Hall–Kier alpha value is -4.76. The summed E-state index contributed by atoms with van der Waals surface area (Å²) in [6.07, 6.45) is 0. The summed E-state index contributed by atoms with van der Waals surface area (Å²) in [4.78, 5) is 30.7. The molecule has 0 spiro atoms. The molecule has 1 aliphatic rings. The number of methoxy groups -OCH3 is 1. The van der Waals surface area contributed by atoms with Gasteiger partial charge in [0.05, 0.1) is 24.8 Å². The number of rotatable bonds is 5. The van der Waals surface area contributed by atoms with E-state index in [0.29, 0.717) is 40.0 Å². The van der Waals surface area contributed by atoms with Crippen molar-refractivity contribution in [2.45, 2.75) is 32.9 Å². The van der Waals surface area contributed by atoms with Crippen molar-refractivity contribution in [2.75, 3.05) is 12.0 Å². The van der Waals surface area contributed by atoms with E-state index in [1.807, 2.05) is 55.5 Å². The van der Waals surface area contributed by atoms with Crippen LogP contribution in [-0.4, -0.2) is 39.2 Å². The number of nitrogens with one attached hydrogen (secondary N) is 1. The van der Waals surface area contributed by atoms with Gasteiger partial charge < -0.3 is 25.5 Å². The van der Waals surface area contributed by atoms with Crippen molar-refractivity contribution in [2.24, 2.45) is 5.73 Å². The first-order chi connectivity index (χ1) is 18.6. The largest absolute Gasteiger partial charge is 0.497 e. The number of aliphatic hydroxyl groups is 1. The maximum atomic E-state index is 13.4. The van der Waals surface area contributed by atoms with Gasteiger partial charge in [0.15, 0.2) is 5.69 Å². The Morgan fingerprint density at radius 2 is 1.90 bits per heavy atom. The summed E-state index contributed by atoms with van der Waals surface area (Å²) in [6, 6.07) is 16.8. The number of amides is 2. The Bertz CT molecular complexity index is 1830. The second-order valence-electron chi connectivity index (χ2n) is 10.3. The van der Waals surface area contributed by atoms with Crippen LogP contribution in [0.1, 0.15) is 51.4 Å². The molecule has 0 atom stereocenters. The molecule has 3 aromatic carbocycles. The molecule has 0 fully saturated rings. The molecule has 4 N–H and O–H groups in total. The SMILES string of the molecule is COc1ccc2c(c1)C(=O)N(c1cccc(-c3nnc(C(N)=O)c4[nH]c5cc(C(C)(C)O)ccc5c34)c1C)C2. The van der Waals surface area contributed by atoms with Gasteiger partial charge >= 0.3 is 0 Å². The summed E-state index contributed by atoms with van der Waals surface area (Å²) < 4.78 is 5.31. The lowest BCUT2D eigenvalue weighted by molar-refractivity contribution is 0.0787. The van der Waals surface area contributed by atoms with E-state index in [2.05, 4.69) is 15.2 Å². The molecule has 2 amide bonds. The lowest BCUT2D eigenvalue weighted by Crippen LogP contribution is -2.24. The molecule has 9 nitrogen and oxygen atoms in total. The van der Waals surface area contributed by atoms with Crippen molar-refractivity contribution in [1.29, 1.82) is 0 Å². The van der Waals surface area contributed by atoms with Crippen molar-refractivity contribution in [1.82, 2.24) is 15.2 Å². The number of hydrogen-bond acceptors (Lipinski definition) is 6. The summed E-state index contributed by atoms with van der Waals surface area (Å²) in [7, 11) is 1.58. The van der Waals surface area contributed by atoms with Crippen LogP contribution < -0.4 is 15.4 Å². The number of ether oxygens (including phenoxy) is 1. The third-order valence-electron chi connectivity index (χ3n) is 7.43. The van der Waals surface area contributed by atoms with E-state index in [9.17, 15) is 14.7 Å². The van der Waals surface area contributed by atoms with Gasteiger partial charge in [0.2, 0.25) is 0 Å². The van der Waals surface area contributed by atoms with Gasteiger partial charge in [0.25, 0.3) is 11.8 Å². The van der Waals surface area contributed by atoms with Crippen molar-refractivity contribution < 1.29 is 19.4 Å². The fourth-order valence-electron chi connectivity index (χ4n) is 5.34. The van der Waals surface area contributed by atoms with Crippen LogP contribution in [-0.2, 0) is 12.1 Å². The minimum Gasteiger partial charge on any atom is -0.497 e. The molecular weight excluding hydrogens is 494 g/mol. The van der Waals surface area contributed by atoms with Crippen LogP contribution in [0.2, 0.25) is 0 Å². The highest BCUT2D eigenvalue weighted by atomic mass is 16.5. The first kappa shape index (κ1) is 24.6. The molecule has 5 aromatic rings. The molecule has 6 rings (SSSR count). The number of fused-ring (bicyclic) bond motifs is 4. The topological polar surface area (TPSA) is 134 Å². The molecule has 0 aliphatic carbocycles. The molecule has 0 unspecified atom stereocenters. The number of carbonyl (C=O) groups excluding carboxylic acids is 2. The number of aromatic amines is 1. The van der Waals surface area contributed by atoms with Crippen LogP contribution in [0.3, 0.4) is 0 Å². The summed E-state index contributed by atoms with van der Waals surface area (Å²) >= 11 is 0. The number of H-pyrrole nitrogens is 1. The lowest BCUT2D eigenvalue weighted by atomic mass is 9.95. The first-order valence-electron chi connectivity index (χ1n) is 12.5.